The lowest BCUT2D eigenvalue weighted by molar-refractivity contribution is 0.0957. The van der Waals surface area contributed by atoms with E-state index in [1.54, 1.807) is 6.07 Å². The van der Waals surface area contributed by atoms with Gasteiger partial charge in [-0.3, -0.25) is 19.6 Å². The zero-order valence-corrected chi connectivity index (χ0v) is 10.5. The Kier molecular flexibility index (Phi) is 3.54. The monoisotopic (exact) mass is 264 g/mol. The molecule has 2 aromatic heterocycles. The molecule has 0 aliphatic carbocycles. The Bertz CT molecular complexity index is 632. The van der Waals surface area contributed by atoms with E-state index < -0.39 is 0 Å². The SMILES string of the molecule is Cc1sc(C(=O)NN)cc1Cn1cnccc1=O. The molecule has 0 atom stereocenters. The van der Waals surface area contributed by atoms with E-state index in [1.165, 1.54) is 34.5 Å². The summed E-state index contributed by atoms with van der Waals surface area (Å²) in [4.78, 5) is 28.4. The Morgan fingerprint density at radius 2 is 2.39 bits per heavy atom. The number of aromatic nitrogens is 2. The Balaban J connectivity index is 2.30. The number of nitrogen functional groups attached to an aromatic ring is 1. The molecule has 3 N–H and O–H groups in total. The molecule has 0 radical (unpaired) electrons. The van der Waals surface area contributed by atoms with E-state index in [9.17, 15) is 9.59 Å². The number of thiophene rings is 1. The lowest BCUT2D eigenvalue weighted by atomic mass is 10.2. The average Bonchev–Trinajstić information content (AvgIpc) is 2.73. The average molecular weight is 264 g/mol. The first-order chi connectivity index (χ1) is 8.61. The predicted octanol–water partition coefficient (Wildman–Crippen LogP) is 0.265. The number of hydrogen-bond acceptors (Lipinski definition) is 5. The van der Waals surface area contributed by atoms with Crippen molar-refractivity contribution in [3.8, 4) is 0 Å². The van der Waals surface area contributed by atoms with Gasteiger partial charge in [-0.25, -0.2) is 10.8 Å². The van der Waals surface area contributed by atoms with Crippen molar-refractivity contribution in [2.24, 2.45) is 5.84 Å². The van der Waals surface area contributed by atoms with Crippen LogP contribution in [0.25, 0.3) is 0 Å². The second kappa shape index (κ2) is 5.11. The second-order valence-corrected chi connectivity index (χ2v) is 4.97. The number of nitrogens with zero attached hydrogens (tertiary/aromatic N) is 2. The highest BCUT2D eigenvalue weighted by Crippen LogP contribution is 2.21. The first kappa shape index (κ1) is 12.5. The molecule has 1 amide bonds. The number of amides is 1. The van der Waals surface area contributed by atoms with Crippen LogP contribution in [0, 0.1) is 6.92 Å². The van der Waals surface area contributed by atoms with E-state index in [2.05, 4.69) is 10.4 Å². The number of rotatable bonds is 3. The molecular weight excluding hydrogens is 252 g/mol. The maximum absolute atomic E-state index is 11.6. The molecule has 2 aromatic rings. The van der Waals surface area contributed by atoms with Gasteiger partial charge in [0.05, 0.1) is 17.7 Å². The number of nitrogens with two attached hydrogens (primary N) is 1. The third kappa shape index (κ3) is 2.47. The van der Waals surface area contributed by atoms with Crippen LogP contribution in [0.15, 0.2) is 29.5 Å². The van der Waals surface area contributed by atoms with Gasteiger partial charge < -0.3 is 0 Å². The topological polar surface area (TPSA) is 90.0 Å². The molecule has 0 aliphatic rings. The fourth-order valence-corrected chi connectivity index (χ4v) is 2.48. The molecule has 0 fully saturated rings. The minimum atomic E-state index is -0.326. The minimum absolute atomic E-state index is 0.125. The van der Waals surface area contributed by atoms with Crippen LogP contribution in [0.2, 0.25) is 0 Å². The Hall–Kier alpha value is -1.99. The highest BCUT2D eigenvalue weighted by atomic mass is 32.1. The molecule has 0 spiro atoms. The van der Waals surface area contributed by atoms with E-state index >= 15 is 0 Å². The fourth-order valence-electron chi connectivity index (χ4n) is 1.54. The molecule has 18 heavy (non-hydrogen) atoms. The number of nitrogens with one attached hydrogen (secondary N) is 1. The molecule has 0 bridgehead atoms. The highest BCUT2D eigenvalue weighted by Gasteiger charge is 2.11. The van der Waals surface area contributed by atoms with Gasteiger partial charge in [0.2, 0.25) is 0 Å². The third-order valence-corrected chi connectivity index (χ3v) is 3.60. The standard InChI is InChI=1S/C11H12N4O2S/c1-7-8(4-9(18-7)11(17)14-12)5-15-6-13-3-2-10(15)16/h2-4,6H,5,12H2,1H3,(H,14,17). The zero-order chi connectivity index (χ0) is 13.1. The molecule has 2 rings (SSSR count). The smallest absolute Gasteiger partial charge is 0.275 e. The van der Waals surface area contributed by atoms with Crippen molar-refractivity contribution in [2.75, 3.05) is 0 Å². The second-order valence-electron chi connectivity index (χ2n) is 3.71. The summed E-state index contributed by atoms with van der Waals surface area (Å²) in [7, 11) is 0. The summed E-state index contributed by atoms with van der Waals surface area (Å²) in [6.45, 7) is 2.29. The molecule has 0 aromatic carbocycles. The van der Waals surface area contributed by atoms with Crippen LogP contribution in [0.3, 0.4) is 0 Å². The van der Waals surface area contributed by atoms with Crippen molar-refractivity contribution in [3.05, 3.63) is 50.3 Å². The maximum Gasteiger partial charge on any atom is 0.275 e. The van der Waals surface area contributed by atoms with E-state index in [0.717, 1.165) is 10.4 Å². The van der Waals surface area contributed by atoms with Crippen LogP contribution in [-0.2, 0) is 6.54 Å². The number of carbonyl (C=O) groups excluding carboxylic acids is 1. The molecule has 0 saturated heterocycles. The Morgan fingerprint density at radius 1 is 1.61 bits per heavy atom. The van der Waals surface area contributed by atoms with Gasteiger partial charge in [0, 0.05) is 17.1 Å². The number of carbonyl (C=O) groups is 1. The fraction of sp³-hybridized carbons (Fsp3) is 0.182. The van der Waals surface area contributed by atoms with E-state index in [4.69, 9.17) is 5.84 Å². The summed E-state index contributed by atoms with van der Waals surface area (Å²) < 4.78 is 1.49. The van der Waals surface area contributed by atoms with Crippen LogP contribution in [0.4, 0.5) is 0 Å². The van der Waals surface area contributed by atoms with Crippen LogP contribution < -0.4 is 16.8 Å². The predicted molar refractivity (Wildman–Crippen MR) is 68.3 cm³/mol. The highest BCUT2D eigenvalue weighted by molar-refractivity contribution is 7.14. The molecule has 2 heterocycles. The number of hydrazine groups is 1. The largest absolute Gasteiger partial charge is 0.295 e. The number of hydrogen-bond donors (Lipinski definition) is 2. The first-order valence-corrected chi connectivity index (χ1v) is 6.04. The molecule has 0 unspecified atom stereocenters. The molecule has 7 heteroatoms. The van der Waals surface area contributed by atoms with Crippen molar-refractivity contribution >= 4 is 17.2 Å². The van der Waals surface area contributed by atoms with Crippen molar-refractivity contribution in [2.45, 2.75) is 13.5 Å². The van der Waals surface area contributed by atoms with Gasteiger partial charge in [-0.15, -0.1) is 11.3 Å². The molecule has 94 valence electrons. The summed E-state index contributed by atoms with van der Waals surface area (Å²) in [6.07, 6.45) is 2.93. The summed E-state index contributed by atoms with van der Waals surface area (Å²) in [6, 6.07) is 3.14. The third-order valence-electron chi connectivity index (χ3n) is 2.51. The van der Waals surface area contributed by atoms with Crippen molar-refractivity contribution in [3.63, 3.8) is 0 Å². The van der Waals surface area contributed by atoms with E-state index in [1.807, 2.05) is 6.92 Å². The summed E-state index contributed by atoms with van der Waals surface area (Å²) in [5.74, 6) is 4.76. The molecule has 6 nitrogen and oxygen atoms in total. The van der Waals surface area contributed by atoms with Gasteiger partial charge in [0.25, 0.3) is 11.5 Å². The summed E-state index contributed by atoms with van der Waals surface area (Å²) >= 11 is 1.34. The van der Waals surface area contributed by atoms with Gasteiger partial charge in [-0.05, 0) is 18.6 Å². The Labute approximate surface area is 107 Å². The lowest BCUT2D eigenvalue weighted by Gasteiger charge is -2.02. The van der Waals surface area contributed by atoms with Gasteiger partial charge in [-0.1, -0.05) is 0 Å². The molecular formula is C11H12N4O2S. The van der Waals surface area contributed by atoms with Crippen LogP contribution in [-0.4, -0.2) is 15.5 Å². The zero-order valence-electron chi connectivity index (χ0n) is 9.71. The molecule has 0 aliphatic heterocycles. The van der Waals surface area contributed by atoms with E-state index in [0.29, 0.717) is 11.4 Å². The first-order valence-electron chi connectivity index (χ1n) is 5.22. The van der Waals surface area contributed by atoms with Crippen LogP contribution in [0.1, 0.15) is 20.1 Å². The van der Waals surface area contributed by atoms with Crippen molar-refractivity contribution in [1.82, 2.24) is 15.0 Å². The summed E-state index contributed by atoms with van der Waals surface area (Å²) in [5, 5.41) is 0. The van der Waals surface area contributed by atoms with Crippen LogP contribution >= 0.6 is 11.3 Å². The lowest BCUT2D eigenvalue weighted by Crippen LogP contribution is -2.29. The van der Waals surface area contributed by atoms with Crippen LogP contribution in [0.5, 0.6) is 0 Å². The quantitative estimate of drug-likeness (QED) is 0.473. The normalized spacial score (nSPS) is 10.3. The molecule has 0 saturated carbocycles. The summed E-state index contributed by atoms with van der Waals surface area (Å²) in [5.41, 5.74) is 2.87. The van der Waals surface area contributed by atoms with Gasteiger partial charge in [0.15, 0.2) is 0 Å². The van der Waals surface area contributed by atoms with Gasteiger partial charge in [-0.2, -0.15) is 0 Å². The minimum Gasteiger partial charge on any atom is -0.295 e. The Morgan fingerprint density at radius 3 is 3.06 bits per heavy atom. The van der Waals surface area contributed by atoms with Crippen molar-refractivity contribution in [1.29, 1.82) is 0 Å². The maximum atomic E-state index is 11.6. The number of aryl methyl sites for hydroxylation is 1. The van der Waals surface area contributed by atoms with E-state index in [-0.39, 0.29) is 11.5 Å². The van der Waals surface area contributed by atoms with Gasteiger partial charge >= 0.3 is 0 Å². The van der Waals surface area contributed by atoms with Gasteiger partial charge in [0.1, 0.15) is 0 Å². The van der Waals surface area contributed by atoms with Crippen molar-refractivity contribution < 1.29 is 4.79 Å².